The second-order valence-corrected chi connectivity index (χ2v) is 5.36. The standard InChI is InChI=1S/C12H19NO2/c14-8-3-2-6-13(7-8)12(15)11-9-4-1-5-10(9)11/h8-11,14H,1-7H2. The zero-order chi connectivity index (χ0) is 10.4. The molecule has 3 nitrogen and oxygen atoms in total. The van der Waals surface area contributed by atoms with E-state index in [4.69, 9.17) is 0 Å². The highest BCUT2D eigenvalue weighted by molar-refractivity contribution is 5.82. The number of aliphatic hydroxyl groups excluding tert-OH is 1. The van der Waals surface area contributed by atoms with Crippen LogP contribution in [0.1, 0.15) is 32.1 Å². The summed E-state index contributed by atoms with van der Waals surface area (Å²) in [6.07, 6.45) is 5.40. The molecular weight excluding hydrogens is 190 g/mol. The van der Waals surface area contributed by atoms with Gasteiger partial charge >= 0.3 is 0 Å². The van der Waals surface area contributed by atoms with Gasteiger partial charge in [-0.1, -0.05) is 6.42 Å². The summed E-state index contributed by atoms with van der Waals surface area (Å²) in [5.74, 6) is 2.08. The third-order valence-corrected chi connectivity index (χ3v) is 4.40. The fourth-order valence-corrected chi connectivity index (χ4v) is 3.55. The van der Waals surface area contributed by atoms with Crippen molar-refractivity contribution in [3.63, 3.8) is 0 Å². The average molecular weight is 209 g/mol. The highest BCUT2D eigenvalue weighted by atomic mass is 16.3. The van der Waals surface area contributed by atoms with Crippen LogP contribution in [0.15, 0.2) is 0 Å². The number of aliphatic hydroxyl groups is 1. The molecule has 15 heavy (non-hydrogen) atoms. The van der Waals surface area contributed by atoms with Crippen LogP contribution >= 0.6 is 0 Å². The molecule has 3 heteroatoms. The lowest BCUT2D eigenvalue weighted by Crippen LogP contribution is -2.43. The molecule has 3 aliphatic rings. The van der Waals surface area contributed by atoms with Gasteiger partial charge in [0.2, 0.25) is 5.91 Å². The number of β-amino-alcohol motifs (C(OH)–C–C–N with tert-alkyl or cyclic N) is 1. The molecule has 1 heterocycles. The zero-order valence-electron chi connectivity index (χ0n) is 9.06. The van der Waals surface area contributed by atoms with Gasteiger partial charge in [-0.3, -0.25) is 4.79 Å². The summed E-state index contributed by atoms with van der Waals surface area (Å²) >= 11 is 0. The van der Waals surface area contributed by atoms with E-state index < -0.39 is 0 Å². The molecule has 3 rings (SSSR count). The van der Waals surface area contributed by atoms with Crippen molar-refractivity contribution < 1.29 is 9.90 Å². The van der Waals surface area contributed by atoms with Gasteiger partial charge in [0.25, 0.3) is 0 Å². The van der Waals surface area contributed by atoms with Crippen LogP contribution in [-0.2, 0) is 4.79 Å². The normalized spacial score (nSPS) is 43.9. The van der Waals surface area contributed by atoms with Crippen molar-refractivity contribution in [3.8, 4) is 0 Å². The van der Waals surface area contributed by atoms with Crippen LogP contribution in [0, 0.1) is 17.8 Å². The SMILES string of the molecule is O=C(C1C2CCCC21)N1CCCC(O)C1. The molecule has 2 aliphatic carbocycles. The van der Waals surface area contributed by atoms with Gasteiger partial charge in [-0.2, -0.15) is 0 Å². The molecule has 84 valence electrons. The lowest BCUT2D eigenvalue weighted by Gasteiger charge is -2.30. The first kappa shape index (κ1) is 9.64. The second-order valence-electron chi connectivity index (χ2n) is 5.36. The largest absolute Gasteiger partial charge is 0.391 e. The van der Waals surface area contributed by atoms with E-state index in [1.807, 2.05) is 4.90 Å². The first-order valence-corrected chi connectivity index (χ1v) is 6.24. The number of amides is 1. The molecule has 0 bridgehead atoms. The van der Waals surface area contributed by atoms with Crippen LogP contribution in [0.4, 0.5) is 0 Å². The van der Waals surface area contributed by atoms with Gasteiger partial charge in [-0.05, 0) is 37.5 Å². The quantitative estimate of drug-likeness (QED) is 0.700. The van der Waals surface area contributed by atoms with Crippen molar-refractivity contribution in [1.82, 2.24) is 4.90 Å². The van der Waals surface area contributed by atoms with Crippen LogP contribution in [0.5, 0.6) is 0 Å². The Bertz CT molecular complexity index is 269. The number of piperidine rings is 1. The topological polar surface area (TPSA) is 40.5 Å². The van der Waals surface area contributed by atoms with Gasteiger partial charge < -0.3 is 10.0 Å². The Balaban J connectivity index is 1.60. The van der Waals surface area contributed by atoms with Gasteiger partial charge in [0.15, 0.2) is 0 Å². The lowest BCUT2D eigenvalue weighted by molar-refractivity contribution is -0.136. The molecule has 1 saturated heterocycles. The molecule has 1 aliphatic heterocycles. The third-order valence-electron chi connectivity index (χ3n) is 4.40. The van der Waals surface area contributed by atoms with E-state index >= 15 is 0 Å². The number of rotatable bonds is 1. The monoisotopic (exact) mass is 209 g/mol. The predicted molar refractivity (Wildman–Crippen MR) is 56.1 cm³/mol. The molecule has 3 fully saturated rings. The molecule has 2 saturated carbocycles. The molecule has 0 aromatic carbocycles. The third kappa shape index (κ3) is 1.57. The molecule has 0 aromatic heterocycles. The van der Waals surface area contributed by atoms with Crippen molar-refractivity contribution in [2.75, 3.05) is 13.1 Å². The minimum atomic E-state index is -0.277. The van der Waals surface area contributed by atoms with Crippen molar-refractivity contribution in [1.29, 1.82) is 0 Å². The van der Waals surface area contributed by atoms with Crippen LogP contribution in [-0.4, -0.2) is 35.1 Å². The van der Waals surface area contributed by atoms with Gasteiger partial charge in [-0.25, -0.2) is 0 Å². The first-order valence-electron chi connectivity index (χ1n) is 6.24. The number of hydrogen-bond acceptors (Lipinski definition) is 2. The summed E-state index contributed by atoms with van der Waals surface area (Å²) in [5, 5.41) is 9.54. The smallest absolute Gasteiger partial charge is 0.226 e. The first-order chi connectivity index (χ1) is 7.27. The molecule has 0 aromatic rings. The fraction of sp³-hybridized carbons (Fsp3) is 0.917. The van der Waals surface area contributed by atoms with Crippen LogP contribution < -0.4 is 0 Å². The van der Waals surface area contributed by atoms with Crippen molar-refractivity contribution in [2.45, 2.75) is 38.2 Å². The Morgan fingerprint density at radius 3 is 2.53 bits per heavy atom. The molecule has 0 radical (unpaired) electrons. The summed E-state index contributed by atoms with van der Waals surface area (Å²) < 4.78 is 0. The van der Waals surface area contributed by atoms with Crippen molar-refractivity contribution >= 4 is 5.91 Å². The van der Waals surface area contributed by atoms with Crippen molar-refractivity contribution in [2.24, 2.45) is 17.8 Å². The Morgan fingerprint density at radius 2 is 1.87 bits per heavy atom. The maximum Gasteiger partial charge on any atom is 0.226 e. The van der Waals surface area contributed by atoms with Crippen LogP contribution in [0.3, 0.4) is 0 Å². The highest BCUT2D eigenvalue weighted by Crippen LogP contribution is 2.58. The maximum absolute atomic E-state index is 12.1. The van der Waals surface area contributed by atoms with E-state index in [9.17, 15) is 9.90 Å². The van der Waals surface area contributed by atoms with Gasteiger partial charge in [0.1, 0.15) is 0 Å². The Kier molecular flexibility index (Phi) is 2.23. The molecule has 3 unspecified atom stereocenters. The number of hydrogen-bond donors (Lipinski definition) is 1. The number of carbonyl (C=O) groups is 1. The predicted octanol–water partition coefficient (Wildman–Crippen LogP) is 1.02. The highest BCUT2D eigenvalue weighted by Gasteiger charge is 2.57. The van der Waals surface area contributed by atoms with E-state index in [1.165, 1.54) is 19.3 Å². The van der Waals surface area contributed by atoms with E-state index in [2.05, 4.69) is 0 Å². The second kappa shape index (κ2) is 3.48. The Hall–Kier alpha value is -0.570. The number of carbonyl (C=O) groups excluding carboxylic acids is 1. The Labute approximate surface area is 90.5 Å². The van der Waals surface area contributed by atoms with Crippen molar-refractivity contribution in [3.05, 3.63) is 0 Å². The number of likely N-dealkylation sites (tertiary alicyclic amines) is 1. The van der Waals surface area contributed by atoms with Crippen LogP contribution in [0.2, 0.25) is 0 Å². The summed E-state index contributed by atoms with van der Waals surface area (Å²) in [4.78, 5) is 14.0. The summed E-state index contributed by atoms with van der Waals surface area (Å²) in [6.45, 7) is 1.45. The lowest BCUT2D eigenvalue weighted by atomic mass is 10.1. The minimum absolute atomic E-state index is 0.277. The van der Waals surface area contributed by atoms with E-state index in [0.29, 0.717) is 30.2 Å². The minimum Gasteiger partial charge on any atom is -0.391 e. The van der Waals surface area contributed by atoms with Gasteiger partial charge in [0, 0.05) is 19.0 Å². The van der Waals surface area contributed by atoms with Crippen LogP contribution in [0.25, 0.3) is 0 Å². The van der Waals surface area contributed by atoms with E-state index in [-0.39, 0.29) is 6.10 Å². The number of nitrogens with zero attached hydrogens (tertiary/aromatic N) is 1. The van der Waals surface area contributed by atoms with E-state index in [0.717, 1.165) is 19.4 Å². The molecule has 1 N–H and O–H groups in total. The zero-order valence-corrected chi connectivity index (χ0v) is 9.06. The van der Waals surface area contributed by atoms with Gasteiger partial charge in [0.05, 0.1) is 6.10 Å². The molecule has 0 spiro atoms. The maximum atomic E-state index is 12.1. The summed E-state index contributed by atoms with van der Waals surface area (Å²) in [7, 11) is 0. The van der Waals surface area contributed by atoms with Gasteiger partial charge in [-0.15, -0.1) is 0 Å². The fourth-order valence-electron chi connectivity index (χ4n) is 3.55. The summed E-state index contributed by atoms with van der Waals surface area (Å²) in [5.41, 5.74) is 0. The number of fused-ring (bicyclic) bond motifs is 1. The average Bonchev–Trinajstić information content (AvgIpc) is 2.70. The van der Waals surface area contributed by atoms with E-state index in [1.54, 1.807) is 0 Å². The molecule has 3 atom stereocenters. The summed E-state index contributed by atoms with van der Waals surface area (Å²) in [6, 6.07) is 0. The molecule has 1 amide bonds. The Morgan fingerprint density at radius 1 is 1.13 bits per heavy atom. The molecular formula is C12H19NO2.